The minimum atomic E-state index is 0.813. The molecule has 1 heteroatoms. The van der Waals surface area contributed by atoms with Gasteiger partial charge in [0, 0.05) is 22.8 Å². The summed E-state index contributed by atoms with van der Waals surface area (Å²) in [4.78, 5) is 0. The third kappa shape index (κ3) is 4.60. The molecule has 0 aliphatic carbocycles. The van der Waals surface area contributed by atoms with Gasteiger partial charge >= 0.3 is 0 Å². The molecule has 0 aliphatic rings. The molecule has 0 aliphatic heterocycles. The summed E-state index contributed by atoms with van der Waals surface area (Å²) in [6, 6.07) is 31.9. The summed E-state index contributed by atoms with van der Waals surface area (Å²) in [5.74, 6) is 6.46. The maximum Gasteiger partial charge on any atom is 0.0918 e. The van der Waals surface area contributed by atoms with E-state index in [0.717, 1.165) is 27.8 Å². The third-order valence-electron chi connectivity index (χ3n) is 3.81. The van der Waals surface area contributed by atoms with Crippen LogP contribution in [0.4, 0.5) is 0 Å². The lowest BCUT2D eigenvalue weighted by molar-refractivity contribution is 1.52. The normalized spacial score (nSPS) is 11.2. The first-order chi connectivity index (χ1) is 12.9. The third-order valence-corrected chi connectivity index (χ3v) is 3.81. The molecule has 0 spiro atoms. The lowest BCUT2D eigenvalue weighted by Gasteiger charge is -2.07. The molecule has 0 unspecified atom stereocenters. The molecule has 0 N–H and O–H groups in total. The number of benzene rings is 3. The molecule has 0 atom stereocenters. The van der Waals surface area contributed by atoms with E-state index in [9.17, 15) is 5.26 Å². The molecule has 0 heterocycles. The molecule has 0 saturated carbocycles. The highest BCUT2D eigenvalue weighted by atomic mass is 14.2. The van der Waals surface area contributed by atoms with Crippen molar-refractivity contribution in [2.45, 2.75) is 0 Å². The largest absolute Gasteiger partial charge is 0.193 e. The highest BCUT2D eigenvalue weighted by molar-refractivity contribution is 5.90. The Kier molecular flexibility index (Phi) is 5.81. The van der Waals surface area contributed by atoms with Crippen molar-refractivity contribution in [3.8, 4) is 17.9 Å². The Morgan fingerprint density at radius 3 is 1.92 bits per heavy atom. The Morgan fingerprint density at radius 1 is 0.731 bits per heavy atom. The predicted octanol–water partition coefficient (Wildman–Crippen LogP) is 5.73. The lowest BCUT2D eigenvalue weighted by Crippen LogP contribution is -1.89. The van der Waals surface area contributed by atoms with Crippen molar-refractivity contribution >= 4 is 11.6 Å². The van der Waals surface area contributed by atoms with Crippen LogP contribution >= 0.6 is 0 Å². The molecular weight excluding hydrogens is 314 g/mol. The van der Waals surface area contributed by atoms with Crippen molar-refractivity contribution < 1.29 is 0 Å². The van der Waals surface area contributed by atoms with Crippen LogP contribution in [-0.2, 0) is 0 Å². The molecule has 3 rings (SSSR count). The SMILES string of the molecule is N#C/C=C(\C(C#Cc1ccccc1)=C\c1ccccc1)c1ccccc1. The average Bonchev–Trinajstić information content (AvgIpc) is 2.72. The van der Waals surface area contributed by atoms with E-state index in [1.807, 2.05) is 97.1 Å². The van der Waals surface area contributed by atoms with E-state index in [1.165, 1.54) is 0 Å². The smallest absolute Gasteiger partial charge is 0.0918 e. The van der Waals surface area contributed by atoms with E-state index >= 15 is 0 Å². The van der Waals surface area contributed by atoms with Gasteiger partial charge in [0.25, 0.3) is 0 Å². The molecule has 3 aromatic carbocycles. The van der Waals surface area contributed by atoms with E-state index in [0.29, 0.717) is 0 Å². The van der Waals surface area contributed by atoms with E-state index < -0.39 is 0 Å². The summed E-state index contributed by atoms with van der Waals surface area (Å²) in [6.07, 6.45) is 3.58. The van der Waals surface area contributed by atoms with E-state index in [2.05, 4.69) is 17.9 Å². The standard InChI is InChI=1S/C25H17N/c26-19-18-25(23-14-8-3-9-15-23)24(20-22-12-6-2-7-13-22)17-16-21-10-4-1-5-11-21/h1-15,18,20H/b24-20+,25-18-. The summed E-state index contributed by atoms with van der Waals surface area (Å²) in [5, 5.41) is 9.30. The highest BCUT2D eigenvalue weighted by Crippen LogP contribution is 2.24. The van der Waals surface area contributed by atoms with Gasteiger partial charge in [-0.15, -0.1) is 0 Å². The van der Waals surface area contributed by atoms with Crippen LogP contribution in [-0.4, -0.2) is 0 Å². The second-order valence-electron chi connectivity index (χ2n) is 5.64. The minimum Gasteiger partial charge on any atom is -0.193 e. The fraction of sp³-hybridized carbons (Fsp3) is 0. The van der Waals surface area contributed by atoms with Gasteiger partial charge in [-0.05, 0) is 29.3 Å². The molecular formula is C25H17N. The summed E-state index contributed by atoms with van der Waals surface area (Å²) in [6.45, 7) is 0. The zero-order valence-corrected chi connectivity index (χ0v) is 14.3. The molecule has 0 radical (unpaired) electrons. The summed E-state index contributed by atoms with van der Waals surface area (Å²) in [5.41, 5.74) is 4.59. The molecule has 0 saturated heterocycles. The molecule has 122 valence electrons. The van der Waals surface area contributed by atoms with Crippen LogP contribution in [0, 0.1) is 23.2 Å². The summed E-state index contributed by atoms with van der Waals surface area (Å²) in [7, 11) is 0. The molecule has 26 heavy (non-hydrogen) atoms. The van der Waals surface area contributed by atoms with Crippen LogP contribution < -0.4 is 0 Å². The second kappa shape index (κ2) is 8.88. The van der Waals surface area contributed by atoms with Gasteiger partial charge in [0.1, 0.15) is 0 Å². The van der Waals surface area contributed by atoms with Crippen molar-refractivity contribution in [1.82, 2.24) is 0 Å². The first-order valence-electron chi connectivity index (χ1n) is 8.36. The Balaban J connectivity index is 2.11. The van der Waals surface area contributed by atoms with Crippen LogP contribution in [0.3, 0.4) is 0 Å². The molecule has 1 nitrogen and oxygen atoms in total. The monoisotopic (exact) mass is 331 g/mol. The first kappa shape index (κ1) is 17.0. The van der Waals surface area contributed by atoms with Crippen molar-refractivity contribution in [2.24, 2.45) is 0 Å². The summed E-state index contributed by atoms with van der Waals surface area (Å²) >= 11 is 0. The average molecular weight is 331 g/mol. The van der Waals surface area contributed by atoms with Gasteiger partial charge in [0.05, 0.1) is 6.07 Å². The predicted molar refractivity (Wildman–Crippen MR) is 108 cm³/mol. The molecule has 0 amide bonds. The van der Waals surface area contributed by atoms with Crippen LogP contribution in [0.1, 0.15) is 16.7 Å². The fourth-order valence-corrected chi connectivity index (χ4v) is 2.56. The van der Waals surface area contributed by atoms with Gasteiger partial charge in [-0.3, -0.25) is 0 Å². The number of nitriles is 1. The minimum absolute atomic E-state index is 0.813. The van der Waals surface area contributed by atoms with Gasteiger partial charge < -0.3 is 0 Å². The maximum atomic E-state index is 9.30. The Bertz CT molecular complexity index is 1010. The lowest BCUT2D eigenvalue weighted by atomic mass is 9.95. The van der Waals surface area contributed by atoms with Gasteiger partial charge in [-0.25, -0.2) is 0 Å². The van der Waals surface area contributed by atoms with Gasteiger partial charge in [0.2, 0.25) is 0 Å². The zero-order chi connectivity index (χ0) is 18.0. The van der Waals surface area contributed by atoms with Crippen LogP contribution in [0.15, 0.2) is 103 Å². The van der Waals surface area contributed by atoms with E-state index in [-0.39, 0.29) is 0 Å². The first-order valence-corrected chi connectivity index (χ1v) is 8.36. The maximum absolute atomic E-state index is 9.30. The number of nitrogens with zero attached hydrogens (tertiary/aromatic N) is 1. The van der Waals surface area contributed by atoms with Crippen molar-refractivity contribution in [3.63, 3.8) is 0 Å². The topological polar surface area (TPSA) is 23.8 Å². The molecule has 3 aromatic rings. The van der Waals surface area contributed by atoms with Crippen molar-refractivity contribution in [2.75, 3.05) is 0 Å². The molecule has 0 aromatic heterocycles. The van der Waals surface area contributed by atoms with E-state index in [4.69, 9.17) is 0 Å². The second-order valence-corrected chi connectivity index (χ2v) is 5.64. The van der Waals surface area contributed by atoms with Crippen LogP contribution in [0.2, 0.25) is 0 Å². The van der Waals surface area contributed by atoms with Crippen LogP contribution in [0.5, 0.6) is 0 Å². The number of allylic oxidation sites excluding steroid dienone is 3. The van der Waals surface area contributed by atoms with Crippen molar-refractivity contribution in [3.05, 3.63) is 119 Å². The Morgan fingerprint density at radius 2 is 1.31 bits per heavy atom. The van der Waals surface area contributed by atoms with Crippen LogP contribution in [0.25, 0.3) is 11.6 Å². The number of hydrogen-bond acceptors (Lipinski definition) is 1. The highest BCUT2D eigenvalue weighted by Gasteiger charge is 2.06. The number of hydrogen-bond donors (Lipinski definition) is 0. The Labute approximate surface area is 154 Å². The Hall–Kier alpha value is -3.81. The number of rotatable bonds is 3. The molecule has 0 fully saturated rings. The quantitative estimate of drug-likeness (QED) is 0.342. The van der Waals surface area contributed by atoms with Gasteiger partial charge in [-0.2, -0.15) is 5.26 Å². The fourth-order valence-electron chi connectivity index (χ4n) is 2.56. The van der Waals surface area contributed by atoms with Gasteiger partial charge in [0.15, 0.2) is 0 Å². The molecule has 0 bridgehead atoms. The zero-order valence-electron chi connectivity index (χ0n) is 14.3. The summed E-state index contributed by atoms with van der Waals surface area (Å²) < 4.78 is 0. The van der Waals surface area contributed by atoms with Gasteiger partial charge in [-0.1, -0.05) is 90.7 Å². The van der Waals surface area contributed by atoms with E-state index in [1.54, 1.807) is 6.08 Å². The van der Waals surface area contributed by atoms with Crippen molar-refractivity contribution in [1.29, 1.82) is 5.26 Å².